The molecule has 2 aromatic carbocycles. The predicted molar refractivity (Wildman–Crippen MR) is 103 cm³/mol. The van der Waals surface area contributed by atoms with E-state index in [1.807, 2.05) is 13.8 Å². The number of hydrogen-bond donors (Lipinski definition) is 1. The van der Waals surface area contributed by atoms with E-state index in [0.717, 1.165) is 11.1 Å². The Morgan fingerprint density at radius 1 is 1.04 bits per heavy atom. The molecule has 0 bridgehead atoms. The van der Waals surface area contributed by atoms with Crippen LogP contribution in [-0.4, -0.2) is 24.1 Å². The topological polar surface area (TPSA) is 60.5 Å². The third-order valence-corrected chi connectivity index (χ3v) is 3.92. The number of halogens is 1. The van der Waals surface area contributed by atoms with Crippen molar-refractivity contribution in [2.75, 3.05) is 18.5 Å². The van der Waals surface area contributed by atoms with Gasteiger partial charge in [0.15, 0.2) is 0 Å². The zero-order valence-electron chi connectivity index (χ0n) is 14.6. The van der Waals surface area contributed by atoms with Crippen molar-refractivity contribution in [3.63, 3.8) is 0 Å². The fourth-order valence-corrected chi connectivity index (χ4v) is 2.73. The maximum atomic E-state index is 12.6. The van der Waals surface area contributed by atoms with E-state index in [1.54, 1.807) is 48.5 Å². The van der Waals surface area contributed by atoms with E-state index in [2.05, 4.69) is 10.3 Å². The maximum absolute atomic E-state index is 12.6. The summed E-state index contributed by atoms with van der Waals surface area (Å²) in [6.45, 7) is 4.88. The van der Waals surface area contributed by atoms with E-state index in [0.29, 0.717) is 35.2 Å². The van der Waals surface area contributed by atoms with Gasteiger partial charge in [-0.15, -0.1) is 0 Å². The summed E-state index contributed by atoms with van der Waals surface area (Å²) in [4.78, 5) is 17.0. The van der Waals surface area contributed by atoms with Gasteiger partial charge in [-0.2, -0.15) is 0 Å². The average Bonchev–Trinajstić information content (AvgIpc) is 2.64. The van der Waals surface area contributed by atoms with Crippen LogP contribution in [0.5, 0.6) is 11.5 Å². The van der Waals surface area contributed by atoms with Crippen molar-refractivity contribution in [3.05, 3.63) is 59.2 Å². The third-order valence-electron chi connectivity index (χ3n) is 3.69. The number of ether oxygens (including phenoxy) is 2. The fraction of sp³-hybridized carbons (Fsp3) is 0.200. The van der Waals surface area contributed by atoms with Crippen molar-refractivity contribution >= 4 is 34.1 Å². The smallest absolute Gasteiger partial charge is 0.274 e. The minimum atomic E-state index is -0.313. The Balaban J connectivity index is 1.88. The molecule has 6 heteroatoms. The highest BCUT2D eigenvalue weighted by Gasteiger charge is 2.14. The Bertz CT molecular complexity index is 926. The number of nitrogens with zero attached hydrogens (tertiary/aromatic N) is 1. The van der Waals surface area contributed by atoms with Gasteiger partial charge in [-0.25, -0.2) is 4.98 Å². The number of fused-ring (bicyclic) bond motifs is 1. The van der Waals surface area contributed by atoms with Gasteiger partial charge in [0.1, 0.15) is 17.2 Å². The van der Waals surface area contributed by atoms with E-state index < -0.39 is 0 Å². The standard InChI is InChI=1S/C20H19ClN2O3/c1-3-25-15-8-6-14(7-9-15)22-20(24)18-12-19(26-4-2)16-11-13(21)5-10-17(16)23-18/h5-12H,3-4H2,1-2H3,(H,22,24). The van der Waals surface area contributed by atoms with Crippen molar-refractivity contribution in [1.82, 2.24) is 4.98 Å². The largest absolute Gasteiger partial charge is 0.494 e. The summed E-state index contributed by atoms with van der Waals surface area (Å²) < 4.78 is 11.1. The van der Waals surface area contributed by atoms with Crippen molar-refractivity contribution < 1.29 is 14.3 Å². The molecule has 0 aliphatic heterocycles. The minimum Gasteiger partial charge on any atom is -0.494 e. The molecule has 0 saturated heterocycles. The molecule has 3 aromatic rings. The number of benzene rings is 2. The van der Waals surface area contributed by atoms with Crippen LogP contribution in [0, 0.1) is 0 Å². The Hall–Kier alpha value is -2.79. The normalized spacial score (nSPS) is 10.6. The third kappa shape index (κ3) is 4.06. The lowest BCUT2D eigenvalue weighted by Crippen LogP contribution is -2.14. The first kappa shape index (κ1) is 18.0. The van der Waals surface area contributed by atoms with Gasteiger partial charge in [0.25, 0.3) is 5.91 Å². The van der Waals surface area contributed by atoms with Crippen molar-refractivity contribution in [2.24, 2.45) is 0 Å². The summed E-state index contributed by atoms with van der Waals surface area (Å²) in [5, 5.41) is 4.20. The Labute approximate surface area is 156 Å². The first-order valence-electron chi connectivity index (χ1n) is 8.38. The van der Waals surface area contributed by atoms with E-state index in [-0.39, 0.29) is 11.6 Å². The molecule has 1 aromatic heterocycles. The summed E-state index contributed by atoms with van der Waals surface area (Å²) in [5.41, 5.74) is 1.59. The zero-order valence-corrected chi connectivity index (χ0v) is 15.3. The molecule has 1 amide bonds. The second kappa shape index (κ2) is 8.06. The van der Waals surface area contributed by atoms with E-state index >= 15 is 0 Å². The van der Waals surface area contributed by atoms with Gasteiger partial charge in [0.2, 0.25) is 0 Å². The van der Waals surface area contributed by atoms with Gasteiger partial charge in [0.05, 0.1) is 18.7 Å². The zero-order chi connectivity index (χ0) is 18.5. The van der Waals surface area contributed by atoms with Crippen LogP contribution in [0.3, 0.4) is 0 Å². The molecular formula is C20H19ClN2O3. The number of carbonyl (C=O) groups excluding carboxylic acids is 1. The first-order chi connectivity index (χ1) is 12.6. The second-order valence-electron chi connectivity index (χ2n) is 5.51. The van der Waals surface area contributed by atoms with Gasteiger partial charge in [-0.1, -0.05) is 11.6 Å². The molecule has 5 nitrogen and oxygen atoms in total. The molecule has 26 heavy (non-hydrogen) atoms. The summed E-state index contributed by atoms with van der Waals surface area (Å²) in [6, 6.07) is 14.1. The maximum Gasteiger partial charge on any atom is 0.274 e. The number of amides is 1. The molecule has 1 N–H and O–H groups in total. The summed E-state index contributed by atoms with van der Waals surface area (Å²) in [5.74, 6) is 1.02. The molecule has 0 unspecified atom stereocenters. The van der Waals surface area contributed by atoms with Crippen LogP contribution in [0.25, 0.3) is 10.9 Å². The highest BCUT2D eigenvalue weighted by Crippen LogP contribution is 2.28. The quantitative estimate of drug-likeness (QED) is 0.667. The molecule has 1 heterocycles. The molecule has 0 aliphatic rings. The summed E-state index contributed by atoms with van der Waals surface area (Å²) in [6.07, 6.45) is 0. The molecule has 134 valence electrons. The van der Waals surface area contributed by atoms with Crippen LogP contribution in [0.4, 0.5) is 5.69 Å². The van der Waals surface area contributed by atoms with Gasteiger partial charge < -0.3 is 14.8 Å². The van der Waals surface area contributed by atoms with Crippen molar-refractivity contribution in [2.45, 2.75) is 13.8 Å². The van der Waals surface area contributed by atoms with Gasteiger partial charge in [0, 0.05) is 22.2 Å². The minimum absolute atomic E-state index is 0.275. The monoisotopic (exact) mass is 370 g/mol. The first-order valence-corrected chi connectivity index (χ1v) is 8.75. The van der Waals surface area contributed by atoms with Gasteiger partial charge in [-0.05, 0) is 56.3 Å². The number of hydrogen-bond acceptors (Lipinski definition) is 4. The lowest BCUT2D eigenvalue weighted by molar-refractivity contribution is 0.102. The number of carbonyl (C=O) groups is 1. The number of anilines is 1. The molecule has 0 aliphatic carbocycles. The molecule has 0 atom stereocenters. The van der Waals surface area contributed by atoms with Crippen LogP contribution < -0.4 is 14.8 Å². The SMILES string of the molecule is CCOc1ccc(NC(=O)c2cc(OCC)c3cc(Cl)ccc3n2)cc1. The number of rotatable bonds is 6. The molecule has 0 radical (unpaired) electrons. The Kier molecular flexibility index (Phi) is 5.58. The predicted octanol–water partition coefficient (Wildman–Crippen LogP) is 4.94. The molecule has 0 spiro atoms. The van der Waals surface area contributed by atoms with E-state index in [1.165, 1.54) is 0 Å². The number of aromatic nitrogens is 1. The van der Waals surface area contributed by atoms with Crippen molar-refractivity contribution in [1.29, 1.82) is 0 Å². The van der Waals surface area contributed by atoms with Gasteiger partial charge in [-0.3, -0.25) is 4.79 Å². The summed E-state index contributed by atoms with van der Waals surface area (Å²) in [7, 11) is 0. The van der Waals surface area contributed by atoms with Crippen LogP contribution in [0.1, 0.15) is 24.3 Å². The lowest BCUT2D eigenvalue weighted by atomic mass is 10.1. The van der Waals surface area contributed by atoms with E-state index in [9.17, 15) is 4.79 Å². The van der Waals surface area contributed by atoms with Crippen LogP contribution in [0.2, 0.25) is 5.02 Å². The molecular weight excluding hydrogens is 352 g/mol. The van der Waals surface area contributed by atoms with Crippen LogP contribution in [-0.2, 0) is 0 Å². The van der Waals surface area contributed by atoms with Crippen LogP contribution in [0.15, 0.2) is 48.5 Å². The molecule has 3 rings (SSSR count). The van der Waals surface area contributed by atoms with Gasteiger partial charge >= 0.3 is 0 Å². The van der Waals surface area contributed by atoms with Crippen molar-refractivity contribution in [3.8, 4) is 11.5 Å². The average molecular weight is 371 g/mol. The second-order valence-corrected chi connectivity index (χ2v) is 5.95. The molecule has 0 fully saturated rings. The van der Waals surface area contributed by atoms with E-state index in [4.69, 9.17) is 21.1 Å². The lowest BCUT2D eigenvalue weighted by Gasteiger charge is -2.11. The van der Waals surface area contributed by atoms with Crippen LogP contribution >= 0.6 is 11.6 Å². The highest BCUT2D eigenvalue weighted by molar-refractivity contribution is 6.31. The highest BCUT2D eigenvalue weighted by atomic mass is 35.5. The summed E-state index contributed by atoms with van der Waals surface area (Å²) >= 11 is 6.06. The number of pyridine rings is 1. The fourth-order valence-electron chi connectivity index (χ4n) is 2.55. The number of nitrogens with one attached hydrogen (secondary N) is 1. The molecule has 0 saturated carbocycles. The Morgan fingerprint density at radius 2 is 1.77 bits per heavy atom. The Morgan fingerprint density at radius 3 is 2.46 bits per heavy atom.